The van der Waals surface area contributed by atoms with Gasteiger partial charge < -0.3 is 20.1 Å². The number of sulfonamides is 1. The third-order valence-electron chi connectivity index (χ3n) is 5.59. The largest absolute Gasteiger partial charge is 0.495 e. The lowest BCUT2D eigenvalue weighted by Gasteiger charge is -2.31. The normalized spacial score (nSPS) is 18.8. The molecule has 0 bridgehead atoms. The number of hydrogen-bond donors (Lipinski definition) is 2. The molecule has 2 aliphatic heterocycles. The standard InChI is InChI=1S/C22H25N3O6S/c1-14-5-7-19(30-2)17(10-14)24-22(27)15-4-3-9-25(12-15)32(28,29)16-6-8-20-18(11-16)23-21(26)13-31-20/h5-8,10-11,15H,3-4,9,12-13H2,1-2H3,(H,23,26)(H,24,27)/t15-/m1/s1. The van der Waals surface area contributed by atoms with Crippen LogP contribution in [0.1, 0.15) is 18.4 Å². The number of amides is 2. The van der Waals surface area contributed by atoms with Gasteiger partial charge in [-0.1, -0.05) is 6.07 Å². The molecule has 0 spiro atoms. The minimum Gasteiger partial charge on any atom is -0.495 e. The highest BCUT2D eigenvalue weighted by atomic mass is 32.2. The molecule has 2 heterocycles. The van der Waals surface area contributed by atoms with E-state index in [9.17, 15) is 18.0 Å². The minimum atomic E-state index is -3.85. The van der Waals surface area contributed by atoms with E-state index in [1.165, 1.54) is 29.6 Å². The smallest absolute Gasteiger partial charge is 0.262 e. The van der Waals surface area contributed by atoms with Gasteiger partial charge >= 0.3 is 0 Å². The van der Waals surface area contributed by atoms with Gasteiger partial charge in [0.1, 0.15) is 11.5 Å². The van der Waals surface area contributed by atoms with E-state index in [4.69, 9.17) is 9.47 Å². The number of nitrogens with one attached hydrogen (secondary N) is 2. The highest BCUT2D eigenvalue weighted by molar-refractivity contribution is 7.89. The summed E-state index contributed by atoms with van der Waals surface area (Å²) < 4.78 is 38.4. The zero-order valence-electron chi connectivity index (χ0n) is 17.9. The first-order chi connectivity index (χ1) is 15.3. The van der Waals surface area contributed by atoms with Gasteiger partial charge in [-0.15, -0.1) is 0 Å². The Kier molecular flexibility index (Phi) is 6.07. The molecule has 2 aliphatic rings. The lowest BCUT2D eigenvalue weighted by atomic mass is 9.98. The predicted molar refractivity (Wildman–Crippen MR) is 118 cm³/mol. The van der Waals surface area contributed by atoms with Crippen molar-refractivity contribution in [3.8, 4) is 11.5 Å². The van der Waals surface area contributed by atoms with Crippen LogP contribution in [0.25, 0.3) is 0 Å². The second-order valence-electron chi connectivity index (χ2n) is 7.89. The third kappa shape index (κ3) is 4.42. The van der Waals surface area contributed by atoms with Gasteiger partial charge in [0.2, 0.25) is 15.9 Å². The summed E-state index contributed by atoms with van der Waals surface area (Å²) in [4.78, 5) is 24.6. The maximum Gasteiger partial charge on any atom is 0.262 e. The van der Waals surface area contributed by atoms with Crippen molar-refractivity contribution >= 4 is 33.2 Å². The quantitative estimate of drug-likeness (QED) is 0.710. The highest BCUT2D eigenvalue weighted by Gasteiger charge is 2.34. The van der Waals surface area contributed by atoms with Crippen LogP contribution >= 0.6 is 0 Å². The molecule has 0 aromatic heterocycles. The predicted octanol–water partition coefficient (Wildman–Crippen LogP) is 2.37. The van der Waals surface area contributed by atoms with Gasteiger partial charge in [-0.25, -0.2) is 8.42 Å². The molecule has 170 valence electrons. The molecule has 32 heavy (non-hydrogen) atoms. The summed E-state index contributed by atoms with van der Waals surface area (Å²) in [5, 5.41) is 5.50. The van der Waals surface area contributed by atoms with E-state index in [0.29, 0.717) is 42.3 Å². The zero-order chi connectivity index (χ0) is 22.9. The first-order valence-electron chi connectivity index (χ1n) is 10.3. The Hall–Kier alpha value is -3.11. The van der Waals surface area contributed by atoms with E-state index in [1.807, 2.05) is 19.1 Å². The van der Waals surface area contributed by atoms with Crippen LogP contribution in [0.5, 0.6) is 11.5 Å². The summed E-state index contributed by atoms with van der Waals surface area (Å²) >= 11 is 0. The van der Waals surface area contributed by atoms with Crippen molar-refractivity contribution in [3.05, 3.63) is 42.0 Å². The number of methoxy groups -OCH3 is 1. The molecule has 2 N–H and O–H groups in total. The molecule has 2 aromatic rings. The second-order valence-corrected chi connectivity index (χ2v) is 9.83. The zero-order valence-corrected chi connectivity index (χ0v) is 18.7. The van der Waals surface area contributed by atoms with Crippen molar-refractivity contribution < 1.29 is 27.5 Å². The molecule has 2 aromatic carbocycles. The van der Waals surface area contributed by atoms with Crippen molar-refractivity contribution in [3.63, 3.8) is 0 Å². The molecule has 10 heteroatoms. The van der Waals surface area contributed by atoms with Crippen LogP contribution in [0, 0.1) is 12.8 Å². The van der Waals surface area contributed by atoms with Crippen LogP contribution in [0.2, 0.25) is 0 Å². The molecule has 0 radical (unpaired) electrons. The fourth-order valence-electron chi connectivity index (χ4n) is 3.90. The summed E-state index contributed by atoms with van der Waals surface area (Å²) in [6, 6.07) is 9.85. The number of benzene rings is 2. The van der Waals surface area contributed by atoms with Crippen LogP contribution in [0.4, 0.5) is 11.4 Å². The van der Waals surface area contributed by atoms with E-state index in [0.717, 1.165) is 5.56 Å². The number of hydrogen-bond acceptors (Lipinski definition) is 6. The molecule has 1 saturated heterocycles. The Morgan fingerprint density at radius 2 is 2.06 bits per heavy atom. The van der Waals surface area contributed by atoms with Crippen LogP contribution in [-0.4, -0.2) is 51.3 Å². The molecular weight excluding hydrogens is 434 g/mol. The molecular formula is C22H25N3O6S. The van der Waals surface area contributed by atoms with Crippen LogP contribution in [0.3, 0.4) is 0 Å². The van der Waals surface area contributed by atoms with Crippen LogP contribution < -0.4 is 20.1 Å². The summed E-state index contributed by atoms with van der Waals surface area (Å²) in [5.74, 6) is -0.119. The van der Waals surface area contributed by atoms with E-state index in [1.54, 1.807) is 6.07 Å². The van der Waals surface area contributed by atoms with Crippen LogP contribution in [0.15, 0.2) is 41.3 Å². The molecule has 0 aliphatic carbocycles. The maximum absolute atomic E-state index is 13.2. The van der Waals surface area contributed by atoms with Gasteiger partial charge in [0, 0.05) is 13.1 Å². The number of carbonyl (C=O) groups excluding carboxylic acids is 2. The van der Waals surface area contributed by atoms with Crippen molar-refractivity contribution in [1.29, 1.82) is 0 Å². The Morgan fingerprint density at radius 1 is 1.25 bits per heavy atom. The molecule has 4 rings (SSSR count). The van der Waals surface area contributed by atoms with Gasteiger partial charge in [0.15, 0.2) is 6.61 Å². The van der Waals surface area contributed by atoms with E-state index in [-0.39, 0.29) is 29.9 Å². The summed E-state index contributed by atoms with van der Waals surface area (Å²) in [7, 11) is -2.32. The van der Waals surface area contributed by atoms with E-state index < -0.39 is 15.9 Å². The first-order valence-corrected chi connectivity index (χ1v) is 11.7. The molecule has 2 amide bonds. The van der Waals surface area contributed by atoms with Crippen molar-refractivity contribution in [2.24, 2.45) is 5.92 Å². The summed E-state index contributed by atoms with van der Waals surface area (Å²) in [5.41, 5.74) is 1.85. The van der Waals surface area contributed by atoms with Crippen molar-refractivity contribution in [2.45, 2.75) is 24.7 Å². The Bertz CT molecular complexity index is 1160. The van der Waals surface area contributed by atoms with Gasteiger partial charge in [-0.2, -0.15) is 4.31 Å². The Morgan fingerprint density at radius 3 is 2.84 bits per heavy atom. The number of ether oxygens (including phenoxy) is 2. The number of piperidine rings is 1. The molecule has 9 nitrogen and oxygen atoms in total. The molecule has 0 unspecified atom stereocenters. The number of carbonyl (C=O) groups is 2. The minimum absolute atomic E-state index is 0.0449. The van der Waals surface area contributed by atoms with Gasteiger partial charge in [-0.05, 0) is 55.7 Å². The lowest BCUT2D eigenvalue weighted by Crippen LogP contribution is -2.43. The summed E-state index contributed by atoms with van der Waals surface area (Å²) in [6.45, 7) is 2.20. The lowest BCUT2D eigenvalue weighted by molar-refractivity contribution is -0.121. The highest BCUT2D eigenvalue weighted by Crippen LogP contribution is 2.33. The number of anilines is 2. The number of fused-ring (bicyclic) bond motifs is 1. The number of rotatable bonds is 5. The van der Waals surface area contributed by atoms with Crippen molar-refractivity contribution in [1.82, 2.24) is 4.31 Å². The van der Waals surface area contributed by atoms with Gasteiger partial charge in [-0.3, -0.25) is 9.59 Å². The van der Waals surface area contributed by atoms with E-state index in [2.05, 4.69) is 10.6 Å². The van der Waals surface area contributed by atoms with Gasteiger partial charge in [0.05, 0.1) is 29.3 Å². The van der Waals surface area contributed by atoms with Crippen molar-refractivity contribution in [2.75, 3.05) is 37.4 Å². The molecule has 1 atom stereocenters. The average Bonchev–Trinajstić information content (AvgIpc) is 2.78. The molecule has 1 fully saturated rings. The second kappa shape index (κ2) is 8.79. The Balaban J connectivity index is 1.51. The first kappa shape index (κ1) is 22.1. The molecule has 0 saturated carbocycles. The summed E-state index contributed by atoms with van der Waals surface area (Å²) in [6.07, 6.45) is 1.15. The monoisotopic (exact) mass is 459 g/mol. The topological polar surface area (TPSA) is 114 Å². The number of nitrogens with zero attached hydrogens (tertiary/aromatic N) is 1. The SMILES string of the molecule is COc1ccc(C)cc1NC(=O)[C@@H]1CCCN(S(=O)(=O)c2ccc3c(c2)NC(=O)CO3)C1. The maximum atomic E-state index is 13.2. The average molecular weight is 460 g/mol. The van der Waals surface area contributed by atoms with Gasteiger partial charge in [0.25, 0.3) is 5.91 Å². The van der Waals surface area contributed by atoms with E-state index >= 15 is 0 Å². The fraction of sp³-hybridized carbons (Fsp3) is 0.364. The fourth-order valence-corrected chi connectivity index (χ4v) is 5.45. The van der Waals surface area contributed by atoms with Crippen LogP contribution in [-0.2, 0) is 19.6 Å². The number of aryl methyl sites for hydroxylation is 1. The Labute approximate surface area is 186 Å². The third-order valence-corrected chi connectivity index (χ3v) is 7.45.